The number of aliphatic hydroxyl groups excluding tert-OH is 1. The lowest BCUT2D eigenvalue weighted by atomic mass is 9.91. The molecule has 0 bridgehead atoms. The number of carbonyl (C=O) groups excluding carboxylic acids is 2. The summed E-state index contributed by atoms with van der Waals surface area (Å²) in [7, 11) is 1.35. The molecule has 0 fully saturated rings. The van der Waals surface area contributed by atoms with Gasteiger partial charge in [-0.25, -0.2) is 9.18 Å². The van der Waals surface area contributed by atoms with Gasteiger partial charge in [0, 0.05) is 59.4 Å². The van der Waals surface area contributed by atoms with E-state index in [1.54, 1.807) is 49.0 Å². The van der Waals surface area contributed by atoms with E-state index in [-0.39, 0.29) is 59.7 Å². The molecule has 4 rings (SSSR count). The van der Waals surface area contributed by atoms with Crippen molar-refractivity contribution in [1.82, 2.24) is 10.2 Å². The molecule has 2 atom stereocenters. The highest BCUT2D eigenvalue weighted by Gasteiger charge is 2.73. The summed E-state index contributed by atoms with van der Waals surface area (Å²) < 4.78 is 101. The van der Waals surface area contributed by atoms with Crippen LogP contribution >= 0.6 is 23.4 Å². The Bertz CT molecular complexity index is 1730. The van der Waals surface area contributed by atoms with E-state index in [4.69, 9.17) is 16.3 Å². The number of urea groups is 1. The smallest absolute Gasteiger partial charge is 0.383 e. The molecule has 3 amide bonds. The van der Waals surface area contributed by atoms with Crippen molar-refractivity contribution < 1.29 is 50.2 Å². The summed E-state index contributed by atoms with van der Waals surface area (Å²) in [6, 6.07) is 10.5. The Labute approximate surface area is 299 Å². The number of alkyl halides is 7. The van der Waals surface area contributed by atoms with Crippen molar-refractivity contribution in [2.75, 3.05) is 42.5 Å². The normalized spacial score (nSPS) is 15.1. The minimum Gasteiger partial charge on any atom is -0.383 e. The van der Waals surface area contributed by atoms with Crippen LogP contribution in [0, 0.1) is 6.92 Å². The lowest BCUT2D eigenvalue weighted by molar-refractivity contribution is -0.348. The fraction of sp³-hybridized carbons (Fsp3) is 0.412. The van der Waals surface area contributed by atoms with Gasteiger partial charge < -0.3 is 20.1 Å². The van der Waals surface area contributed by atoms with Crippen molar-refractivity contribution in [2.45, 2.75) is 57.2 Å². The van der Waals surface area contributed by atoms with E-state index in [0.717, 1.165) is 11.0 Å². The Morgan fingerprint density at radius 3 is 2.35 bits per heavy atom. The van der Waals surface area contributed by atoms with Gasteiger partial charge in [-0.3, -0.25) is 15.0 Å². The summed E-state index contributed by atoms with van der Waals surface area (Å²) in [5.41, 5.74) is -5.67. The van der Waals surface area contributed by atoms with Crippen LogP contribution in [0.25, 0.3) is 0 Å². The monoisotopic (exact) mass is 764 g/mol. The molecule has 0 saturated heterocycles. The molecule has 0 spiro atoms. The topological polar surface area (TPSA) is 94.1 Å². The van der Waals surface area contributed by atoms with E-state index in [0.29, 0.717) is 34.7 Å². The Kier molecular flexibility index (Phi) is 12.6. The number of methoxy groups -OCH3 is 1. The molecule has 278 valence electrons. The second kappa shape index (κ2) is 16.0. The third-order valence-electron chi connectivity index (χ3n) is 8.29. The lowest BCUT2D eigenvalue weighted by Crippen LogP contribution is -2.51. The van der Waals surface area contributed by atoms with E-state index < -0.39 is 41.8 Å². The average Bonchev–Trinajstić information content (AvgIpc) is 3.04. The van der Waals surface area contributed by atoms with Crippen LogP contribution in [0.1, 0.15) is 51.3 Å². The first-order valence-corrected chi connectivity index (χ1v) is 17.2. The summed E-state index contributed by atoms with van der Waals surface area (Å²) in [6.45, 7) is 2.96. The maximum Gasteiger partial charge on any atom is 0.435 e. The first-order valence-electron chi connectivity index (χ1n) is 15.5. The molecule has 51 heavy (non-hydrogen) atoms. The van der Waals surface area contributed by atoms with Crippen LogP contribution in [-0.4, -0.2) is 72.6 Å². The van der Waals surface area contributed by atoms with Crippen LogP contribution in [0.3, 0.4) is 0 Å². The van der Waals surface area contributed by atoms with E-state index in [2.05, 4.69) is 10.6 Å². The number of rotatable bonds is 13. The molecule has 0 aliphatic carbocycles. The van der Waals surface area contributed by atoms with Crippen LogP contribution in [0.15, 0.2) is 54.6 Å². The van der Waals surface area contributed by atoms with Gasteiger partial charge in [0.1, 0.15) is 6.23 Å². The number of fused-ring (bicyclic) bond motifs is 1. The number of aliphatic hydroxyl groups is 1. The minimum absolute atomic E-state index is 0.00616. The van der Waals surface area contributed by atoms with Crippen molar-refractivity contribution in [3.63, 3.8) is 0 Å². The molecule has 3 aromatic rings. The average molecular weight is 765 g/mol. The molecular weight excluding hydrogens is 729 g/mol. The third kappa shape index (κ3) is 8.57. The molecular formula is C34H36ClF7N4O4S. The number of aryl methyl sites for hydroxylation is 1. The van der Waals surface area contributed by atoms with Gasteiger partial charge in [0.15, 0.2) is 0 Å². The second-order valence-electron chi connectivity index (χ2n) is 12.0. The molecule has 0 aromatic heterocycles. The highest BCUT2D eigenvalue weighted by molar-refractivity contribution is 7.98. The van der Waals surface area contributed by atoms with Gasteiger partial charge in [0.25, 0.3) is 5.91 Å². The third-order valence-corrected chi connectivity index (χ3v) is 9.45. The van der Waals surface area contributed by atoms with E-state index in [9.17, 15) is 45.4 Å². The Balaban J connectivity index is 1.63. The number of hydrogen-bond donors (Lipinski definition) is 3. The summed E-state index contributed by atoms with van der Waals surface area (Å²) in [5, 5.41) is 16.9. The molecule has 3 aromatic carbocycles. The fourth-order valence-electron chi connectivity index (χ4n) is 5.75. The van der Waals surface area contributed by atoms with Crippen LogP contribution in [-0.2, 0) is 23.5 Å². The molecule has 1 aliphatic rings. The molecule has 3 N–H and O–H groups in total. The highest BCUT2D eigenvalue weighted by atomic mass is 35.5. The largest absolute Gasteiger partial charge is 0.435 e. The first kappa shape index (κ1) is 40.2. The Morgan fingerprint density at radius 2 is 1.75 bits per heavy atom. The number of benzene rings is 3. The number of amides is 3. The highest BCUT2D eigenvalue weighted by Crippen LogP contribution is 2.54. The van der Waals surface area contributed by atoms with Gasteiger partial charge >= 0.3 is 24.1 Å². The molecule has 1 unspecified atom stereocenters. The zero-order valence-electron chi connectivity index (χ0n) is 27.9. The van der Waals surface area contributed by atoms with Crippen LogP contribution < -0.4 is 15.5 Å². The van der Waals surface area contributed by atoms with Crippen molar-refractivity contribution in [3.05, 3.63) is 93.0 Å². The van der Waals surface area contributed by atoms with E-state index in [1.165, 1.54) is 18.1 Å². The number of halogens is 8. The molecule has 1 heterocycles. The first-order chi connectivity index (χ1) is 23.8. The molecule has 8 nitrogen and oxygen atoms in total. The Hall–Kier alpha value is -3.57. The SMILES string of the molecule is COCCN1Cc2cc(C(F)(C(F)(F)F)C(F)(F)F)ccc2N(Cc2ccc(NC(=O)c3cccc(Cl)c3C(O)N[C@@H](C)CSC)c(C)c2)C1=O. The van der Waals surface area contributed by atoms with E-state index in [1.807, 2.05) is 13.2 Å². The predicted octanol–water partition coefficient (Wildman–Crippen LogP) is 8.11. The van der Waals surface area contributed by atoms with Gasteiger partial charge in [-0.05, 0) is 67.1 Å². The number of nitrogens with zero attached hydrogens (tertiary/aromatic N) is 2. The molecule has 0 saturated carbocycles. The predicted molar refractivity (Wildman–Crippen MR) is 182 cm³/mol. The van der Waals surface area contributed by atoms with Gasteiger partial charge in [-0.2, -0.15) is 38.1 Å². The summed E-state index contributed by atoms with van der Waals surface area (Å²) >= 11 is 7.96. The van der Waals surface area contributed by atoms with Crippen LogP contribution in [0.4, 0.5) is 46.9 Å². The summed E-state index contributed by atoms with van der Waals surface area (Å²) in [5.74, 6) is 0.136. The maximum absolute atomic E-state index is 15.0. The number of nitrogens with one attached hydrogen (secondary N) is 2. The number of anilines is 2. The number of thioether (sulfide) groups is 1. The standard InChI is InChI=1S/C34H36ClF7N4O4S/c1-19-14-21(8-10-26(19)44-29(47)24-6-5-7-25(35)28(24)30(48)43-20(2)18-51-4)16-46-27-11-9-23(32(36,33(37,38)39)34(40,41)42)15-22(27)17-45(31(46)49)12-13-50-3/h5-11,14-15,20,30,43,48H,12-13,16-18H2,1-4H3,(H,44,47)/t20-,30?/m0/s1. The zero-order valence-corrected chi connectivity index (χ0v) is 29.5. The summed E-state index contributed by atoms with van der Waals surface area (Å²) in [4.78, 5) is 29.3. The lowest BCUT2D eigenvalue weighted by Gasteiger charge is -2.38. The van der Waals surface area contributed by atoms with Crippen LogP contribution in [0.5, 0.6) is 0 Å². The van der Waals surface area contributed by atoms with Gasteiger partial charge in [-0.1, -0.05) is 35.9 Å². The van der Waals surface area contributed by atoms with Gasteiger partial charge in [-0.15, -0.1) is 0 Å². The van der Waals surface area contributed by atoms with Crippen molar-refractivity contribution in [2.24, 2.45) is 0 Å². The van der Waals surface area contributed by atoms with Crippen molar-refractivity contribution in [1.29, 1.82) is 0 Å². The van der Waals surface area contributed by atoms with Crippen molar-refractivity contribution >= 4 is 46.7 Å². The quantitative estimate of drug-likeness (QED) is 0.120. The van der Waals surface area contributed by atoms with Gasteiger partial charge in [0.05, 0.1) is 18.8 Å². The molecule has 17 heteroatoms. The van der Waals surface area contributed by atoms with E-state index >= 15 is 0 Å². The minimum atomic E-state index is -6.30. The van der Waals surface area contributed by atoms with Crippen LogP contribution in [0.2, 0.25) is 5.02 Å². The number of ether oxygens (including phenoxy) is 1. The molecule has 1 aliphatic heterocycles. The number of carbonyl (C=O) groups is 2. The maximum atomic E-state index is 15.0. The molecule has 0 radical (unpaired) electrons. The summed E-state index contributed by atoms with van der Waals surface area (Å²) in [6.07, 6.45) is -11.9. The zero-order chi connectivity index (χ0) is 37.9. The van der Waals surface area contributed by atoms with Gasteiger partial charge in [0.2, 0.25) is 0 Å². The second-order valence-corrected chi connectivity index (χ2v) is 13.3. The Morgan fingerprint density at radius 1 is 1.06 bits per heavy atom. The van der Waals surface area contributed by atoms with Crippen molar-refractivity contribution in [3.8, 4) is 0 Å². The fourth-order valence-corrected chi connectivity index (χ4v) is 6.63. The number of hydrogen-bond acceptors (Lipinski definition) is 6.